The van der Waals surface area contributed by atoms with E-state index in [2.05, 4.69) is 0 Å². The molecular formula is C20H16ClF3. The van der Waals surface area contributed by atoms with Gasteiger partial charge in [0.25, 0.3) is 0 Å². The fraction of sp³-hybridized carbons (Fsp3) is 0.200. The van der Waals surface area contributed by atoms with E-state index in [1.807, 2.05) is 19.1 Å². The van der Waals surface area contributed by atoms with Crippen molar-refractivity contribution in [3.05, 3.63) is 81.9 Å². The maximum absolute atomic E-state index is 13.8. The van der Waals surface area contributed by atoms with E-state index in [0.717, 1.165) is 5.56 Å². The zero-order chi connectivity index (χ0) is 17.3. The molecule has 0 atom stereocenters. The number of benzene rings is 2. The summed E-state index contributed by atoms with van der Waals surface area (Å²) in [6, 6.07) is 13.7. The third-order valence-electron chi connectivity index (χ3n) is 4.15. The zero-order valence-electron chi connectivity index (χ0n) is 13.1. The highest BCUT2D eigenvalue weighted by Crippen LogP contribution is 2.45. The van der Waals surface area contributed by atoms with E-state index in [0.29, 0.717) is 34.6 Å². The van der Waals surface area contributed by atoms with Gasteiger partial charge in [-0.2, -0.15) is 13.2 Å². The first-order valence-electron chi connectivity index (χ1n) is 7.70. The van der Waals surface area contributed by atoms with Crippen LogP contribution in [0.15, 0.2) is 60.2 Å². The molecule has 2 aromatic carbocycles. The third kappa shape index (κ3) is 3.41. The summed E-state index contributed by atoms with van der Waals surface area (Å²) in [6.45, 7) is 1.92. The minimum Gasteiger partial charge on any atom is -0.166 e. The van der Waals surface area contributed by atoms with Gasteiger partial charge in [0.05, 0.1) is 5.57 Å². The topological polar surface area (TPSA) is 0 Å². The second-order valence-corrected chi connectivity index (χ2v) is 6.32. The van der Waals surface area contributed by atoms with E-state index in [1.54, 1.807) is 42.5 Å². The molecule has 0 aliphatic heterocycles. The van der Waals surface area contributed by atoms with Gasteiger partial charge in [0.1, 0.15) is 0 Å². The number of allylic oxidation sites excluding steroid dienone is 4. The maximum Gasteiger partial charge on any atom is 0.417 e. The molecule has 2 aromatic rings. The van der Waals surface area contributed by atoms with Crippen LogP contribution in [0.25, 0.3) is 11.1 Å². The molecule has 24 heavy (non-hydrogen) atoms. The van der Waals surface area contributed by atoms with Crippen molar-refractivity contribution in [3.8, 4) is 0 Å². The molecular weight excluding hydrogens is 333 g/mol. The van der Waals surface area contributed by atoms with E-state index in [-0.39, 0.29) is 5.57 Å². The van der Waals surface area contributed by atoms with Gasteiger partial charge in [-0.1, -0.05) is 59.6 Å². The van der Waals surface area contributed by atoms with Crippen molar-refractivity contribution < 1.29 is 13.2 Å². The van der Waals surface area contributed by atoms with Gasteiger partial charge in [0.2, 0.25) is 0 Å². The molecule has 0 fully saturated rings. The zero-order valence-corrected chi connectivity index (χ0v) is 13.9. The van der Waals surface area contributed by atoms with Crippen LogP contribution in [0.5, 0.6) is 0 Å². The predicted octanol–water partition coefficient (Wildman–Crippen LogP) is 6.84. The maximum atomic E-state index is 13.8. The minimum absolute atomic E-state index is 0.263. The molecule has 0 aromatic heterocycles. The number of hydrogen-bond donors (Lipinski definition) is 0. The summed E-state index contributed by atoms with van der Waals surface area (Å²) < 4.78 is 41.5. The Balaban J connectivity index is 2.17. The van der Waals surface area contributed by atoms with E-state index >= 15 is 0 Å². The van der Waals surface area contributed by atoms with Gasteiger partial charge < -0.3 is 0 Å². The van der Waals surface area contributed by atoms with E-state index in [4.69, 9.17) is 11.6 Å². The molecule has 0 nitrogen and oxygen atoms in total. The summed E-state index contributed by atoms with van der Waals surface area (Å²) in [7, 11) is 0. The Kier molecular flexibility index (Phi) is 4.55. The molecule has 124 valence electrons. The summed E-state index contributed by atoms with van der Waals surface area (Å²) in [5.41, 5.74) is 2.24. The predicted molar refractivity (Wildman–Crippen MR) is 92.8 cm³/mol. The van der Waals surface area contributed by atoms with Crippen LogP contribution in [-0.2, 0) is 0 Å². The second-order valence-electron chi connectivity index (χ2n) is 5.88. The van der Waals surface area contributed by atoms with Gasteiger partial charge in [-0.05, 0) is 54.2 Å². The van der Waals surface area contributed by atoms with Crippen LogP contribution in [-0.4, -0.2) is 6.18 Å². The van der Waals surface area contributed by atoms with Crippen LogP contribution >= 0.6 is 11.6 Å². The highest BCUT2D eigenvalue weighted by atomic mass is 35.5. The van der Waals surface area contributed by atoms with Crippen molar-refractivity contribution >= 4 is 22.7 Å². The Bertz CT molecular complexity index is 794. The number of alkyl halides is 3. The van der Waals surface area contributed by atoms with Gasteiger partial charge in [-0.15, -0.1) is 0 Å². The number of aryl methyl sites for hydroxylation is 1. The Morgan fingerprint density at radius 2 is 1.46 bits per heavy atom. The Hall–Kier alpha value is -2.00. The Morgan fingerprint density at radius 3 is 2.04 bits per heavy atom. The van der Waals surface area contributed by atoms with Crippen molar-refractivity contribution in [1.29, 1.82) is 0 Å². The molecule has 4 heteroatoms. The first-order chi connectivity index (χ1) is 11.4. The van der Waals surface area contributed by atoms with Crippen molar-refractivity contribution in [2.75, 3.05) is 0 Å². The average molecular weight is 349 g/mol. The summed E-state index contributed by atoms with van der Waals surface area (Å²) in [5.74, 6) is 0. The van der Waals surface area contributed by atoms with Crippen LogP contribution in [0.4, 0.5) is 13.2 Å². The molecule has 0 amide bonds. The lowest BCUT2D eigenvalue weighted by atomic mass is 9.83. The number of rotatable bonds is 2. The van der Waals surface area contributed by atoms with Crippen molar-refractivity contribution in [2.45, 2.75) is 25.9 Å². The molecule has 0 spiro atoms. The lowest BCUT2D eigenvalue weighted by Gasteiger charge is -2.25. The molecule has 0 bridgehead atoms. The first-order valence-corrected chi connectivity index (χ1v) is 8.08. The standard InChI is InChI=1S/C20H16ClF3/c1-13-5-7-14(8-6-13)17-3-2-4-18(19(17)20(22,23)24)15-9-11-16(21)12-10-15/h3,5-12H,2,4H2,1H3. The first kappa shape index (κ1) is 16.8. The van der Waals surface area contributed by atoms with Gasteiger partial charge in [-0.25, -0.2) is 0 Å². The van der Waals surface area contributed by atoms with Crippen molar-refractivity contribution in [3.63, 3.8) is 0 Å². The largest absolute Gasteiger partial charge is 0.417 e. The highest BCUT2D eigenvalue weighted by molar-refractivity contribution is 6.30. The summed E-state index contributed by atoms with van der Waals surface area (Å²) in [4.78, 5) is 0. The summed E-state index contributed by atoms with van der Waals surface area (Å²) in [5, 5.41) is 0.512. The van der Waals surface area contributed by atoms with Crippen LogP contribution in [0.1, 0.15) is 29.5 Å². The molecule has 0 unspecified atom stereocenters. The third-order valence-corrected chi connectivity index (χ3v) is 4.40. The molecule has 0 N–H and O–H groups in total. The Morgan fingerprint density at radius 1 is 0.875 bits per heavy atom. The second kappa shape index (κ2) is 6.48. The minimum atomic E-state index is -4.41. The molecule has 0 saturated heterocycles. The summed E-state index contributed by atoms with van der Waals surface area (Å²) >= 11 is 5.87. The van der Waals surface area contributed by atoms with Gasteiger partial charge in [0.15, 0.2) is 0 Å². The molecule has 0 heterocycles. The number of hydrogen-bond acceptors (Lipinski definition) is 0. The van der Waals surface area contributed by atoms with Crippen LogP contribution < -0.4 is 0 Å². The fourth-order valence-electron chi connectivity index (χ4n) is 3.01. The highest BCUT2D eigenvalue weighted by Gasteiger charge is 2.40. The van der Waals surface area contributed by atoms with E-state index in [9.17, 15) is 13.2 Å². The Labute approximate surface area is 144 Å². The monoisotopic (exact) mass is 348 g/mol. The van der Waals surface area contributed by atoms with Gasteiger partial charge in [0, 0.05) is 5.02 Å². The molecule has 0 radical (unpaired) electrons. The van der Waals surface area contributed by atoms with Crippen LogP contribution in [0, 0.1) is 6.92 Å². The van der Waals surface area contributed by atoms with E-state index in [1.165, 1.54) is 0 Å². The van der Waals surface area contributed by atoms with Crippen molar-refractivity contribution in [1.82, 2.24) is 0 Å². The molecule has 3 rings (SSSR count). The van der Waals surface area contributed by atoms with Crippen LogP contribution in [0.3, 0.4) is 0 Å². The molecule has 1 aliphatic carbocycles. The molecule has 0 saturated carbocycles. The van der Waals surface area contributed by atoms with Crippen LogP contribution in [0.2, 0.25) is 5.02 Å². The smallest absolute Gasteiger partial charge is 0.166 e. The average Bonchev–Trinajstić information content (AvgIpc) is 2.55. The van der Waals surface area contributed by atoms with Gasteiger partial charge in [-0.3, -0.25) is 0 Å². The summed E-state index contributed by atoms with van der Waals surface area (Å²) in [6.07, 6.45) is -1.77. The quantitative estimate of drug-likeness (QED) is 0.557. The SMILES string of the molecule is Cc1ccc(C2=CCCC(c3ccc(Cl)cc3)=C2C(F)(F)F)cc1. The normalized spacial score (nSPS) is 15.5. The van der Waals surface area contributed by atoms with Crippen molar-refractivity contribution in [2.24, 2.45) is 0 Å². The lowest BCUT2D eigenvalue weighted by molar-refractivity contribution is -0.0867. The lowest BCUT2D eigenvalue weighted by Crippen LogP contribution is -2.18. The van der Waals surface area contributed by atoms with Gasteiger partial charge >= 0.3 is 6.18 Å². The van der Waals surface area contributed by atoms with E-state index < -0.39 is 11.7 Å². The molecule has 1 aliphatic rings. The fourth-order valence-corrected chi connectivity index (χ4v) is 3.14. The number of halogens is 4.